The molecule has 0 fully saturated rings. The molecule has 0 saturated heterocycles. The summed E-state index contributed by atoms with van der Waals surface area (Å²) in [6, 6.07) is 5.86. The van der Waals surface area contributed by atoms with Crippen LogP contribution in [0.1, 0.15) is 5.69 Å². The van der Waals surface area contributed by atoms with E-state index in [1.54, 1.807) is 6.20 Å². The van der Waals surface area contributed by atoms with Crippen LogP contribution in [0.5, 0.6) is 0 Å². The van der Waals surface area contributed by atoms with Gasteiger partial charge in [-0.15, -0.1) is 0 Å². The van der Waals surface area contributed by atoms with E-state index in [-0.39, 0.29) is 0 Å². The summed E-state index contributed by atoms with van der Waals surface area (Å²) in [4.78, 5) is 3.98. The van der Waals surface area contributed by atoms with E-state index in [0.717, 1.165) is 12.8 Å². The van der Waals surface area contributed by atoms with E-state index in [0.29, 0.717) is 0 Å². The first kappa shape index (κ1) is 8.11. The summed E-state index contributed by atoms with van der Waals surface area (Å²) in [5.41, 5.74) is 1.07. The van der Waals surface area contributed by atoms with Gasteiger partial charge in [0.1, 0.15) is 0 Å². The third kappa shape index (κ3) is 3.67. The molecule has 0 saturated carbocycles. The topological polar surface area (TPSA) is 33.1 Å². The lowest BCUT2D eigenvalue weighted by molar-refractivity contribution is 0.399. The largest absolute Gasteiger partial charge is 0.400 e. The third-order valence-electron chi connectivity index (χ3n) is 0.813. The van der Waals surface area contributed by atoms with Crippen LogP contribution in [0.25, 0.3) is 0 Å². The number of nitrogens with zero attached hydrogens (tertiary/aromatic N) is 1. The van der Waals surface area contributed by atoms with Gasteiger partial charge in [-0.25, -0.2) is 0 Å². The summed E-state index contributed by atoms with van der Waals surface area (Å²) >= 11 is 0. The van der Waals surface area contributed by atoms with Gasteiger partial charge in [0.2, 0.25) is 0 Å². The van der Waals surface area contributed by atoms with Gasteiger partial charge < -0.3 is 5.11 Å². The van der Waals surface area contributed by atoms with Crippen molar-refractivity contribution in [2.45, 2.75) is 6.92 Å². The van der Waals surface area contributed by atoms with Crippen LogP contribution in [0.15, 0.2) is 24.4 Å². The van der Waals surface area contributed by atoms with Crippen LogP contribution in [0.4, 0.5) is 0 Å². The second-order valence-electron chi connectivity index (χ2n) is 1.47. The molecule has 0 atom stereocenters. The van der Waals surface area contributed by atoms with Crippen molar-refractivity contribution in [3.8, 4) is 0 Å². The molecule has 0 aliphatic rings. The SMILES string of the molecule is CO.Cc1ccccn1. The highest BCUT2D eigenvalue weighted by atomic mass is 16.2. The van der Waals surface area contributed by atoms with E-state index >= 15 is 0 Å². The summed E-state index contributed by atoms with van der Waals surface area (Å²) in [6.07, 6.45) is 1.79. The first-order chi connectivity index (χ1) is 4.39. The van der Waals surface area contributed by atoms with E-state index in [1.165, 1.54) is 0 Å². The molecule has 0 spiro atoms. The Bertz CT molecular complexity index is 139. The Morgan fingerprint density at radius 3 is 2.22 bits per heavy atom. The van der Waals surface area contributed by atoms with Crippen molar-refractivity contribution < 1.29 is 5.11 Å². The number of aliphatic hydroxyl groups excluding tert-OH is 1. The molecule has 2 heteroatoms. The maximum atomic E-state index is 7.00. The summed E-state index contributed by atoms with van der Waals surface area (Å²) in [5.74, 6) is 0. The molecule has 2 nitrogen and oxygen atoms in total. The number of rotatable bonds is 0. The molecular weight excluding hydrogens is 114 g/mol. The van der Waals surface area contributed by atoms with Gasteiger partial charge in [0.05, 0.1) is 0 Å². The number of aryl methyl sites for hydroxylation is 1. The highest BCUT2D eigenvalue weighted by Gasteiger charge is 1.73. The zero-order chi connectivity index (χ0) is 7.11. The van der Waals surface area contributed by atoms with Crippen molar-refractivity contribution >= 4 is 0 Å². The van der Waals surface area contributed by atoms with Crippen molar-refractivity contribution in [2.75, 3.05) is 7.11 Å². The van der Waals surface area contributed by atoms with Gasteiger partial charge in [0.15, 0.2) is 0 Å². The Morgan fingerprint density at radius 2 is 2.00 bits per heavy atom. The van der Waals surface area contributed by atoms with Gasteiger partial charge in [-0.1, -0.05) is 6.07 Å². The Labute approximate surface area is 55.2 Å². The van der Waals surface area contributed by atoms with Crippen LogP contribution in [-0.4, -0.2) is 17.2 Å². The van der Waals surface area contributed by atoms with Crippen LogP contribution in [-0.2, 0) is 0 Å². The van der Waals surface area contributed by atoms with Crippen molar-refractivity contribution in [3.63, 3.8) is 0 Å². The van der Waals surface area contributed by atoms with E-state index in [9.17, 15) is 0 Å². The van der Waals surface area contributed by atoms with Gasteiger partial charge in [-0.3, -0.25) is 4.98 Å². The molecule has 0 aliphatic heterocycles. The minimum atomic E-state index is 1.00. The second-order valence-corrected chi connectivity index (χ2v) is 1.47. The number of aliphatic hydroxyl groups is 1. The average Bonchev–Trinajstić information content (AvgIpc) is 1.94. The fourth-order valence-electron chi connectivity index (χ4n) is 0.448. The van der Waals surface area contributed by atoms with Crippen LogP contribution in [0, 0.1) is 6.92 Å². The smallest absolute Gasteiger partial charge is 0.0372 e. The lowest BCUT2D eigenvalue weighted by Gasteiger charge is -1.82. The van der Waals surface area contributed by atoms with Crippen LogP contribution >= 0.6 is 0 Å². The Kier molecular flexibility index (Phi) is 4.73. The van der Waals surface area contributed by atoms with E-state index in [2.05, 4.69) is 4.98 Å². The quantitative estimate of drug-likeness (QED) is 0.561. The molecule has 1 heterocycles. The standard InChI is InChI=1S/C6H7N.CH4O/c1-6-4-2-3-5-7-6;1-2/h2-5H,1H3;2H,1H3. The molecule has 1 N–H and O–H groups in total. The monoisotopic (exact) mass is 125 g/mol. The molecule has 1 aromatic rings. The second kappa shape index (κ2) is 5.25. The molecule has 9 heavy (non-hydrogen) atoms. The minimum absolute atomic E-state index is 1.00. The fourth-order valence-corrected chi connectivity index (χ4v) is 0.448. The molecule has 0 aliphatic carbocycles. The summed E-state index contributed by atoms with van der Waals surface area (Å²) in [6.45, 7) is 1.97. The van der Waals surface area contributed by atoms with Gasteiger partial charge in [0.25, 0.3) is 0 Å². The zero-order valence-corrected chi connectivity index (χ0v) is 5.70. The van der Waals surface area contributed by atoms with Crippen LogP contribution < -0.4 is 0 Å². The zero-order valence-electron chi connectivity index (χ0n) is 5.70. The molecule has 0 unspecified atom stereocenters. The predicted molar refractivity (Wildman–Crippen MR) is 37.1 cm³/mol. The highest BCUT2D eigenvalue weighted by molar-refractivity contribution is 4.99. The summed E-state index contributed by atoms with van der Waals surface area (Å²) in [5, 5.41) is 7.00. The van der Waals surface area contributed by atoms with Gasteiger partial charge in [0, 0.05) is 19.0 Å². The van der Waals surface area contributed by atoms with Crippen LogP contribution in [0.2, 0.25) is 0 Å². The normalized spacial score (nSPS) is 7.44. The first-order valence-electron chi connectivity index (χ1n) is 2.72. The van der Waals surface area contributed by atoms with E-state index in [4.69, 9.17) is 5.11 Å². The van der Waals surface area contributed by atoms with Crippen molar-refractivity contribution in [3.05, 3.63) is 30.1 Å². The molecule has 0 radical (unpaired) electrons. The lowest BCUT2D eigenvalue weighted by Crippen LogP contribution is -1.72. The predicted octanol–water partition coefficient (Wildman–Crippen LogP) is 0.999. The highest BCUT2D eigenvalue weighted by Crippen LogP contribution is 1.85. The number of pyridine rings is 1. The molecule has 0 amide bonds. The van der Waals surface area contributed by atoms with E-state index < -0.39 is 0 Å². The first-order valence-corrected chi connectivity index (χ1v) is 2.72. The molecule has 0 aromatic carbocycles. The minimum Gasteiger partial charge on any atom is -0.400 e. The number of hydrogen-bond donors (Lipinski definition) is 1. The number of hydrogen-bond acceptors (Lipinski definition) is 2. The average molecular weight is 125 g/mol. The summed E-state index contributed by atoms with van der Waals surface area (Å²) in [7, 11) is 1.00. The Balaban J connectivity index is 0.000000291. The summed E-state index contributed by atoms with van der Waals surface area (Å²) < 4.78 is 0. The number of aromatic nitrogens is 1. The van der Waals surface area contributed by atoms with Gasteiger partial charge in [-0.2, -0.15) is 0 Å². The van der Waals surface area contributed by atoms with Crippen molar-refractivity contribution in [1.29, 1.82) is 0 Å². The maximum absolute atomic E-state index is 7.00. The Morgan fingerprint density at radius 1 is 1.33 bits per heavy atom. The third-order valence-corrected chi connectivity index (χ3v) is 0.813. The molecule has 1 aromatic heterocycles. The van der Waals surface area contributed by atoms with E-state index in [1.807, 2.05) is 25.1 Å². The Hall–Kier alpha value is -0.890. The molecule has 0 bridgehead atoms. The van der Waals surface area contributed by atoms with Gasteiger partial charge >= 0.3 is 0 Å². The molecule has 50 valence electrons. The molecule has 1 rings (SSSR count). The fraction of sp³-hybridized carbons (Fsp3) is 0.286. The lowest BCUT2D eigenvalue weighted by atomic mass is 10.4. The van der Waals surface area contributed by atoms with Crippen molar-refractivity contribution in [1.82, 2.24) is 4.98 Å². The maximum Gasteiger partial charge on any atom is 0.0372 e. The van der Waals surface area contributed by atoms with Crippen LogP contribution in [0.3, 0.4) is 0 Å². The molecular formula is C7H11NO. The van der Waals surface area contributed by atoms with Crippen molar-refractivity contribution in [2.24, 2.45) is 0 Å². The van der Waals surface area contributed by atoms with Gasteiger partial charge in [-0.05, 0) is 19.1 Å².